The van der Waals surface area contributed by atoms with Crippen molar-refractivity contribution in [1.82, 2.24) is 10.2 Å². The van der Waals surface area contributed by atoms with Crippen LogP contribution in [0.1, 0.15) is 25.3 Å². The second-order valence-electron chi connectivity index (χ2n) is 5.73. The number of amides is 2. The lowest BCUT2D eigenvalue weighted by atomic mass is 9.84. The van der Waals surface area contributed by atoms with Crippen LogP contribution in [0.25, 0.3) is 0 Å². The van der Waals surface area contributed by atoms with Crippen LogP contribution in [0.4, 0.5) is 4.79 Å². The third-order valence-corrected chi connectivity index (χ3v) is 5.50. The van der Waals surface area contributed by atoms with Crippen LogP contribution in [0.5, 0.6) is 0 Å². The fourth-order valence-electron chi connectivity index (χ4n) is 2.61. The van der Waals surface area contributed by atoms with Crippen LogP contribution in [-0.2, 0) is 5.60 Å². The molecule has 0 aliphatic carbocycles. The molecule has 122 valence electrons. The summed E-state index contributed by atoms with van der Waals surface area (Å²) in [7, 11) is 0. The average molecular weight is 343 g/mol. The number of rotatable bonds is 4. The Balaban J connectivity index is 1.92. The number of likely N-dealkylation sites (tertiary alicyclic amines) is 1. The number of thioether (sulfide) groups is 1. The molecule has 1 atom stereocenters. The molecule has 1 heterocycles. The summed E-state index contributed by atoms with van der Waals surface area (Å²) >= 11 is 7.92. The fraction of sp³-hybridized carbons (Fsp3) is 0.562. The van der Waals surface area contributed by atoms with Gasteiger partial charge in [0.15, 0.2) is 0 Å². The van der Waals surface area contributed by atoms with E-state index in [1.807, 2.05) is 24.5 Å². The van der Waals surface area contributed by atoms with Gasteiger partial charge < -0.3 is 15.3 Å². The summed E-state index contributed by atoms with van der Waals surface area (Å²) in [6.07, 6.45) is 3.03. The van der Waals surface area contributed by atoms with Gasteiger partial charge in [-0.15, -0.1) is 0 Å². The molecule has 0 spiro atoms. The van der Waals surface area contributed by atoms with E-state index in [9.17, 15) is 9.90 Å². The van der Waals surface area contributed by atoms with Crippen LogP contribution < -0.4 is 5.32 Å². The maximum absolute atomic E-state index is 12.1. The highest BCUT2D eigenvalue weighted by Gasteiger charge is 2.36. The Morgan fingerprint density at radius 2 is 2.09 bits per heavy atom. The Morgan fingerprint density at radius 1 is 1.45 bits per heavy atom. The van der Waals surface area contributed by atoms with E-state index >= 15 is 0 Å². The van der Waals surface area contributed by atoms with E-state index in [2.05, 4.69) is 12.2 Å². The molecule has 6 heteroatoms. The van der Waals surface area contributed by atoms with Crippen LogP contribution in [-0.4, -0.2) is 47.2 Å². The Hall–Kier alpha value is -0.910. The third-order valence-electron chi connectivity index (χ3n) is 4.20. The van der Waals surface area contributed by atoms with Crippen LogP contribution in [0, 0.1) is 0 Å². The molecule has 1 fully saturated rings. The van der Waals surface area contributed by atoms with E-state index in [0.717, 1.165) is 5.56 Å². The van der Waals surface area contributed by atoms with Crippen molar-refractivity contribution in [2.45, 2.75) is 30.6 Å². The van der Waals surface area contributed by atoms with Crippen LogP contribution in [0.15, 0.2) is 24.3 Å². The van der Waals surface area contributed by atoms with Crippen molar-refractivity contribution in [3.63, 3.8) is 0 Å². The van der Waals surface area contributed by atoms with E-state index in [1.165, 1.54) is 0 Å². The summed E-state index contributed by atoms with van der Waals surface area (Å²) in [6, 6.07) is 7.32. The van der Waals surface area contributed by atoms with Gasteiger partial charge in [0.25, 0.3) is 0 Å². The molecule has 1 aromatic carbocycles. The first-order valence-electron chi connectivity index (χ1n) is 7.49. The monoisotopic (exact) mass is 342 g/mol. The number of halogens is 1. The number of carbonyl (C=O) groups excluding carboxylic acids is 1. The van der Waals surface area contributed by atoms with Crippen molar-refractivity contribution in [1.29, 1.82) is 0 Å². The van der Waals surface area contributed by atoms with Crippen molar-refractivity contribution < 1.29 is 9.90 Å². The second-order valence-corrected chi connectivity index (χ2v) is 7.41. The van der Waals surface area contributed by atoms with Crippen LogP contribution in [0.3, 0.4) is 0 Å². The highest BCUT2D eigenvalue weighted by atomic mass is 35.5. The van der Waals surface area contributed by atoms with Crippen molar-refractivity contribution in [2.75, 3.05) is 25.9 Å². The molecular formula is C16H23ClN2O2S. The molecule has 0 saturated carbocycles. The van der Waals surface area contributed by atoms with E-state index in [0.29, 0.717) is 42.7 Å². The number of urea groups is 1. The Morgan fingerprint density at radius 3 is 2.68 bits per heavy atom. The highest BCUT2D eigenvalue weighted by Crippen LogP contribution is 2.36. The number of nitrogens with one attached hydrogen (secondary N) is 1. The number of aliphatic hydroxyl groups is 1. The number of carbonyl (C=O) groups is 1. The number of nitrogens with zero attached hydrogens (tertiary/aromatic N) is 1. The quantitative estimate of drug-likeness (QED) is 0.884. The van der Waals surface area contributed by atoms with Gasteiger partial charge in [-0.25, -0.2) is 4.79 Å². The molecule has 0 radical (unpaired) electrons. The summed E-state index contributed by atoms with van der Waals surface area (Å²) in [5, 5.41) is 14.8. The Labute approximate surface area is 141 Å². The van der Waals surface area contributed by atoms with Crippen LogP contribution >= 0.6 is 23.4 Å². The van der Waals surface area contributed by atoms with E-state index in [4.69, 9.17) is 11.6 Å². The van der Waals surface area contributed by atoms with Crippen molar-refractivity contribution >= 4 is 29.4 Å². The standard InChI is InChI=1S/C16H23ClN2O2S/c1-12(22-2)11-18-15(20)19-9-7-16(21,8-10-19)13-5-3-4-6-14(13)17/h3-6,12,21H,7-11H2,1-2H3,(H,18,20). The van der Waals surface area contributed by atoms with Crippen LogP contribution in [0.2, 0.25) is 5.02 Å². The molecule has 1 aliphatic heterocycles. The van der Waals surface area contributed by atoms with E-state index in [1.54, 1.807) is 22.7 Å². The molecular weight excluding hydrogens is 320 g/mol. The zero-order chi connectivity index (χ0) is 16.2. The number of benzene rings is 1. The SMILES string of the molecule is CSC(C)CNC(=O)N1CCC(O)(c2ccccc2Cl)CC1. The summed E-state index contributed by atoms with van der Waals surface area (Å²) in [5.74, 6) is 0. The Kier molecular flexibility index (Phi) is 6.01. The molecule has 4 nitrogen and oxygen atoms in total. The molecule has 2 amide bonds. The molecule has 1 aliphatic rings. The minimum Gasteiger partial charge on any atom is -0.385 e. The van der Waals surface area contributed by atoms with Gasteiger partial charge in [-0.2, -0.15) is 11.8 Å². The molecule has 1 saturated heterocycles. The molecule has 1 unspecified atom stereocenters. The first-order chi connectivity index (χ1) is 10.5. The fourth-order valence-corrected chi connectivity index (χ4v) is 3.18. The molecule has 22 heavy (non-hydrogen) atoms. The van der Waals surface area contributed by atoms with Crippen molar-refractivity contribution in [3.05, 3.63) is 34.9 Å². The maximum atomic E-state index is 12.1. The first-order valence-corrected chi connectivity index (χ1v) is 9.16. The second kappa shape index (κ2) is 7.57. The topological polar surface area (TPSA) is 52.6 Å². The summed E-state index contributed by atoms with van der Waals surface area (Å²) in [6.45, 7) is 3.80. The zero-order valence-corrected chi connectivity index (χ0v) is 14.6. The van der Waals surface area contributed by atoms with Gasteiger partial charge in [0.05, 0.1) is 5.60 Å². The van der Waals surface area contributed by atoms with Gasteiger partial charge in [-0.05, 0) is 25.2 Å². The molecule has 2 N–H and O–H groups in total. The number of hydrogen-bond acceptors (Lipinski definition) is 3. The molecule has 2 rings (SSSR count). The average Bonchev–Trinajstić information content (AvgIpc) is 2.53. The number of hydrogen-bond donors (Lipinski definition) is 2. The summed E-state index contributed by atoms with van der Waals surface area (Å²) < 4.78 is 0. The van der Waals surface area contributed by atoms with E-state index < -0.39 is 5.60 Å². The predicted molar refractivity (Wildman–Crippen MR) is 92.5 cm³/mol. The summed E-state index contributed by atoms with van der Waals surface area (Å²) in [5.41, 5.74) is -0.186. The summed E-state index contributed by atoms with van der Waals surface area (Å²) in [4.78, 5) is 13.9. The van der Waals surface area contributed by atoms with Crippen molar-refractivity contribution in [2.24, 2.45) is 0 Å². The van der Waals surface area contributed by atoms with Gasteiger partial charge in [-0.3, -0.25) is 0 Å². The molecule has 0 aromatic heterocycles. The van der Waals surface area contributed by atoms with Gasteiger partial charge >= 0.3 is 6.03 Å². The number of piperidine rings is 1. The minimum atomic E-state index is -0.943. The third kappa shape index (κ3) is 4.09. The van der Waals surface area contributed by atoms with Gasteiger partial charge in [0.2, 0.25) is 0 Å². The van der Waals surface area contributed by atoms with Gasteiger partial charge in [-0.1, -0.05) is 36.7 Å². The largest absolute Gasteiger partial charge is 0.385 e. The van der Waals surface area contributed by atoms with Gasteiger partial charge in [0, 0.05) is 35.5 Å². The Bertz CT molecular complexity index is 519. The lowest BCUT2D eigenvalue weighted by molar-refractivity contribution is -0.0166. The highest BCUT2D eigenvalue weighted by molar-refractivity contribution is 7.99. The van der Waals surface area contributed by atoms with Gasteiger partial charge in [0.1, 0.15) is 0 Å². The maximum Gasteiger partial charge on any atom is 0.317 e. The predicted octanol–water partition coefficient (Wildman–Crippen LogP) is 3.08. The lowest BCUT2D eigenvalue weighted by Crippen LogP contribution is -2.49. The van der Waals surface area contributed by atoms with E-state index in [-0.39, 0.29) is 6.03 Å². The first kappa shape index (κ1) is 17.4. The normalized spacial score (nSPS) is 18.8. The minimum absolute atomic E-state index is 0.0536. The molecule has 1 aromatic rings. The zero-order valence-electron chi connectivity index (χ0n) is 13.0. The van der Waals surface area contributed by atoms with Crippen molar-refractivity contribution in [3.8, 4) is 0 Å². The molecule has 0 bridgehead atoms. The smallest absolute Gasteiger partial charge is 0.317 e. The lowest BCUT2D eigenvalue weighted by Gasteiger charge is -2.39.